The van der Waals surface area contributed by atoms with Crippen molar-refractivity contribution >= 4 is 0 Å². The monoisotopic (exact) mass is 232 g/mol. The molecule has 0 bridgehead atoms. The molecule has 2 nitrogen and oxygen atoms in total. The van der Waals surface area contributed by atoms with Gasteiger partial charge in [0.15, 0.2) is 0 Å². The van der Waals surface area contributed by atoms with E-state index in [1.54, 1.807) is 0 Å². The third-order valence-electron chi connectivity index (χ3n) is 1.88. The van der Waals surface area contributed by atoms with Crippen molar-refractivity contribution in [3.63, 3.8) is 0 Å². The van der Waals surface area contributed by atoms with Gasteiger partial charge in [-0.1, -0.05) is 19.3 Å². The van der Waals surface area contributed by atoms with Crippen LogP contribution in [0.25, 0.3) is 0 Å². The number of rotatable bonds is 8. The zero-order chi connectivity index (χ0) is 11.7. The number of aliphatic hydroxyl groups excluding tert-OH is 1. The summed E-state index contributed by atoms with van der Waals surface area (Å²) in [6.45, 7) is -0.834. The second kappa shape index (κ2) is 7.87. The molecule has 0 rings (SSSR count). The van der Waals surface area contributed by atoms with E-state index in [9.17, 15) is 17.6 Å². The summed E-state index contributed by atoms with van der Waals surface area (Å²) in [5, 5.41) is 8.35. The molecule has 0 aromatic carbocycles. The van der Waals surface area contributed by atoms with E-state index in [1.165, 1.54) is 0 Å². The van der Waals surface area contributed by atoms with Crippen molar-refractivity contribution in [3.8, 4) is 0 Å². The predicted octanol–water partition coefficient (Wildman–Crippen LogP) is 2.80. The van der Waals surface area contributed by atoms with Crippen LogP contribution in [-0.2, 0) is 4.74 Å². The molecule has 0 saturated carbocycles. The van der Waals surface area contributed by atoms with Gasteiger partial charge in [-0.15, -0.1) is 13.2 Å². The predicted molar refractivity (Wildman–Crippen MR) is 47.1 cm³/mol. The number of alkyl halides is 4. The van der Waals surface area contributed by atoms with E-state index in [-0.39, 0.29) is 13.0 Å². The van der Waals surface area contributed by atoms with Gasteiger partial charge >= 0.3 is 6.36 Å². The first-order valence-electron chi connectivity index (χ1n) is 4.91. The fourth-order valence-electron chi connectivity index (χ4n) is 1.10. The maximum absolute atomic E-state index is 12.4. The highest BCUT2D eigenvalue weighted by Crippen LogP contribution is 2.17. The van der Waals surface area contributed by atoms with E-state index in [0.717, 1.165) is 0 Å². The molecule has 1 unspecified atom stereocenters. The molecule has 0 aliphatic rings. The molecule has 0 amide bonds. The molecule has 1 N–H and O–H groups in total. The Hall–Kier alpha value is -0.360. The Morgan fingerprint density at radius 2 is 1.67 bits per heavy atom. The normalized spacial score (nSPS) is 14.2. The van der Waals surface area contributed by atoms with Crippen molar-refractivity contribution in [1.82, 2.24) is 0 Å². The zero-order valence-corrected chi connectivity index (χ0v) is 8.39. The summed E-state index contributed by atoms with van der Waals surface area (Å²) in [5.41, 5.74) is 0. The summed E-state index contributed by atoms with van der Waals surface area (Å²) in [6, 6.07) is 0. The van der Waals surface area contributed by atoms with Crippen LogP contribution in [0.15, 0.2) is 0 Å². The SMILES string of the molecule is OCC(F)CCCCCCOC(F)(F)F. The maximum Gasteiger partial charge on any atom is 0.522 e. The molecule has 0 radical (unpaired) electrons. The van der Waals surface area contributed by atoms with Gasteiger partial charge in [0, 0.05) is 0 Å². The lowest BCUT2D eigenvalue weighted by molar-refractivity contribution is -0.324. The third kappa shape index (κ3) is 11.6. The maximum atomic E-state index is 12.4. The molecule has 0 aromatic rings. The van der Waals surface area contributed by atoms with Crippen molar-refractivity contribution < 1.29 is 27.4 Å². The Balaban J connectivity index is 3.12. The molecule has 92 valence electrons. The number of halogens is 4. The van der Waals surface area contributed by atoms with Crippen molar-refractivity contribution in [1.29, 1.82) is 0 Å². The standard InChI is InChI=1S/C9H16F4O2/c10-8(7-14)5-3-1-2-4-6-15-9(11,12)13/h8,14H,1-7H2. The van der Waals surface area contributed by atoms with Crippen LogP contribution in [0.4, 0.5) is 17.6 Å². The van der Waals surface area contributed by atoms with Crippen LogP contribution < -0.4 is 0 Å². The van der Waals surface area contributed by atoms with Gasteiger partial charge in [-0.25, -0.2) is 4.39 Å². The van der Waals surface area contributed by atoms with E-state index in [4.69, 9.17) is 5.11 Å². The molecule has 15 heavy (non-hydrogen) atoms. The van der Waals surface area contributed by atoms with E-state index in [1.807, 2.05) is 0 Å². The minimum absolute atomic E-state index is 0.261. The molecule has 0 heterocycles. The first kappa shape index (κ1) is 14.6. The fraction of sp³-hybridized carbons (Fsp3) is 1.00. The molecule has 6 heteroatoms. The fourth-order valence-corrected chi connectivity index (χ4v) is 1.10. The second-order valence-electron chi connectivity index (χ2n) is 3.28. The number of hydrogen-bond acceptors (Lipinski definition) is 2. The Bertz CT molecular complexity index is 150. The van der Waals surface area contributed by atoms with Gasteiger partial charge < -0.3 is 5.11 Å². The lowest BCUT2D eigenvalue weighted by Gasteiger charge is -2.07. The van der Waals surface area contributed by atoms with Crippen molar-refractivity contribution in [2.45, 2.75) is 44.6 Å². The average Bonchev–Trinajstić information content (AvgIpc) is 2.14. The Labute approximate surface area is 86.2 Å². The number of ether oxygens (including phenoxy) is 1. The smallest absolute Gasteiger partial charge is 0.393 e. The van der Waals surface area contributed by atoms with Gasteiger partial charge in [0.05, 0.1) is 13.2 Å². The van der Waals surface area contributed by atoms with E-state index < -0.39 is 19.1 Å². The zero-order valence-electron chi connectivity index (χ0n) is 8.39. The van der Waals surface area contributed by atoms with Crippen LogP contribution >= 0.6 is 0 Å². The summed E-state index contributed by atoms with van der Waals surface area (Å²) in [5.74, 6) is 0. The Morgan fingerprint density at radius 3 is 2.20 bits per heavy atom. The van der Waals surface area contributed by atoms with Gasteiger partial charge in [0.25, 0.3) is 0 Å². The molecule has 0 fully saturated rings. The van der Waals surface area contributed by atoms with Crippen LogP contribution in [0.2, 0.25) is 0 Å². The lowest BCUT2D eigenvalue weighted by Crippen LogP contribution is -2.14. The van der Waals surface area contributed by atoms with E-state index in [0.29, 0.717) is 25.7 Å². The van der Waals surface area contributed by atoms with Gasteiger partial charge in [-0.2, -0.15) is 0 Å². The van der Waals surface area contributed by atoms with Crippen LogP contribution in [0.5, 0.6) is 0 Å². The van der Waals surface area contributed by atoms with Gasteiger partial charge in [0.2, 0.25) is 0 Å². The largest absolute Gasteiger partial charge is 0.522 e. The summed E-state index contributed by atoms with van der Waals surface area (Å²) in [4.78, 5) is 0. The summed E-state index contributed by atoms with van der Waals surface area (Å²) >= 11 is 0. The first-order chi connectivity index (χ1) is 6.95. The lowest BCUT2D eigenvalue weighted by atomic mass is 10.1. The second-order valence-corrected chi connectivity index (χ2v) is 3.28. The van der Waals surface area contributed by atoms with Gasteiger partial charge in [-0.05, 0) is 12.8 Å². The number of hydrogen-bond donors (Lipinski definition) is 1. The molecular weight excluding hydrogens is 216 g/mol. The van der Waals surface area contributed by atoms with Crippen LogP contribution in [-0.4, -0.2) is 30.9 Å². The molecule has 0 saturated heterocycles. The van der Waals surface area contributed by atoms with Crippen LogP contribution in [0.3, 0.4) is 0 Å². The highest BCUT2D eigenvalue weighted by Gasteiger charge is 2.28. The summed E-state index contributed by atoms with van der Waals surface area (Å²) in [7, 11) is 0. The Morgan fingerprint density at radius 1 is 1.07 bits per heavy atom. The minimum Gasteiger partial charge on any atom is -0.393 e. The van der Waals surface area contributed by atoms with Gasteiger partial charge in [0.1, 0.15) is 6.17 Å². The first-order valence-corrected chi connectivity index (χ1v) is 4.91. The average molecular weight is 232 g/mol. The minimum atomic E-state index is -4.55. The van der Waals surface area contributed by atoms with Crippen LogP contribution in [0.1, 0.15) is 32.1 Å². The number of aliphatic hydroxyl groups is 1. The van der Waals surface area contributed by atoms with Crippen molar-refractivity contribution in [3.05, 3.63) is 0 Å². The molecule has 0 aliphatic carbocycles. The molecule has 1 atom stereocenters. The Kier molecular flexibility index (Phi) is 7.68. The van der Waals surface area contributed by atoms with Crippen molar-refractivity contribution in [2.75, 3.05) is 13.2 Å². The van der Waals surface area contributed by atoms with E-state index in [2.05, 4.69) is 4.74 Å². The highest BCUT2D eigenvalue weighted by molar-refractivity contribution is 4.53. The highest BCUT2D eigenvalue weighted by atomic mass is 19.4. The van der Waals surface area contributed by atoms with E-state index >= 15 is 0 Å². The van der Waals surface area contributed by atoms with Crippen molar-refractivity contribution in [2.24, 2.45) is 0 Å². The molecule has 0 aliphatic heterocycles. The number of unbranched alkanes of at least 4 members (excludes halogenated alkanes) is 3. The summed E-state index contributed by atoms with van der Waals surface area (Å²) < 4.78 is 50.5. The summed E-state index contributed by atoms with van der Waals surface area (Å²) in [6.07, 6.45) is -3.38. The van der Waals surface area contributed by atoms with Crippen LogP contribution in [0, 0.1) is 0 Å². The molecular formula is C9H16F4O2. The quantitative estimate of drug-likeness (QED) is 0.515. The topological polar surface area (TPSA) is 29.5 Å². The third-order valence-corrected chi connectivity index (χ3v) is 1.88. The van der Waals surface area contributed by atoms with Gasteiger partial charge in [-0.3, -0.25) is 4.74 Å². The molecule has 0 aromatic heterocycles. The molecule has 0 spiro atoms.